The van der Waals surface area contributed by atoms with E-state index in [2.05, 4.69) is 10.1 Å². The number of benzene rings is 1. The molecule has 96 valence electrons. The van der Waals surface area contributed by atoms with E-state index in [0.29, 0.717) is 18.3 Å². The highest BCUT2D eigenvalue weighted by Crippen LogP contribution is 2.29. The van der Waals surface area contributed by atoms with Crippen LogP contribution in [0.1, 0.15) is 17.8 Å². The van der Waals surface area contributed by atoms with Crippen molar-refractivity contribution in [1.29, 1.82) is 0 Å². The number of aryl methyl sites for hydroxylation is 2. The molecule has 0 unspecified atom stereocenters. The van der Waals surface area contributed by atoms with E-state index in [4.69, 9.17) is 15.0 Å². The molecule has 18 heavy (non-hydrogen) atoms. The molecular weight excluding hydrogens is 230 g/mol. The molecule has 0 amide bonds. The highest BCUT2D eigenvalue weighted by molar-refractivity contribution is 5.63. The highest BCUT2D eigenvalue weighted by Gasteiger charge is 2.13. The fourth-order valence-electron chi connectivity index (χ4n) is 1.71. The monoisotopic (exact) mass is 247 g/mol. The van der Waals surface area contributed by atoms with Crippen LogP contribution >= 0.6 is 0 Å². The van der Waals surface area contributed by atoms with Crippen molar-refractivity contribution < 1.29 is 9.26 Å². The van der Waals surface area contributed by atoms with Gasteiger partial charge in [0.25, 0.3) is 5.89 Å². The molecule has 0 aliphatic rings. The van der Waals surface area contributed by atoms with Gasteiger partial charge in [-0.3, -0.25) is 0 Å². The van der Waals surface area contributed by atoms with Gasteiger partial charge in [0.2, 0.25) is 0 Å². The van der Waals surface area contributed by atoms with Crippen LogP contribution in [0.5, 0.6) is 5.75 Å². The lowest BCUT2D eigenvalue weighted by Crippen LogP contribution is -2.01. The predicted octanol–water partition coefficient (Wildman–Crippen LogP) is 1.94. The first-order chi connectivity index (χ1) is 8.74. The molecule has 2 rings (SSSR count). The van der Waals surface area contributed by atoms with E-state index >= 15 is 0 Å². The molecule has 1 aromatic carbocycles. The smallest absolute Gasteiger partial charge is 0.261 e. The summed E-state index contributed by atoms with van der Waals surface area (Å²) in [5.74, 6) is 1.90. The Balaban J connectivity index is 2.30. The molecule has 2 aromatic rings. The van der Waals surface area contributed by atoms with Crippen molar-refractivity contribution in [2.75, 3.05) is 13.7 Å². The molecule has 0 saturated heterocycles. The third kappa shape index (κ3) is 2.68. The van der Waals surface area contributed by atoms with Crippen LogP contribution in [0, 0.1) is 6.92 Å². The molecule has 0 radical (unpaired) electrons. The summed E-state index contributed by atoms with van der Waals surface area (Å²) in [7, 11) is 1.62. The van der Waals surface area contributed by atoms with Gasteiger partial charge in [-0.25, -0.2) is 0 Å². The average Bonchev–Trinajstić information content (AvgIpc) is 2.85. The molecule has 5 nitrogen and oxygen atoms in total. The van der Waals surface area contributed by atoms with E-state index in [9.17, 15) is 0 Å². The van der Waals surface area contributed by atoms with Crippen LogP contribution in [0.15, 0.2) is 22.7 Å². The summed E-state index contributed by atoms with van der Waals surface area (Å²) in [6, 6.07) is 5.85. The Labute approximate surface area is 106 Å². The van der Waals surface area contributed by atoms with E-state index in [-0.39, 0.29) is 0 Å². The zero-order valence-corrected chi connectivity index (χ0v) is 10.6. The molecule has 1 aromatic heterocycles. The topological polar surface area (TPSA) is 74.2 Å². The van der Waals surface area contributed by atoms with Gasteiger partial charge in [-0.05, 0) is 32.0 Å². The molecule has 0 bridgehead atoms. The van der Waals surface area contributed by atoms with E-state index in [1.165, 1.54) is 0 Å². The Hall–Kier alpha value is -1.88. The van der Waals surface area contributed by atoms with Crippen LogP contribution in [0.4, 0.5) is 0 Å². The molecule has 0 spiro atoms. The van der Waals surface area contributed by atoms with Crippen LogP contribution in [0.2, 0.25) is 0 Å². The average molecular weight is 247 g/mol. The summed E-state index contributed by atoms with van der Waals surface area (Å²) >= 11 is 0. The van der Waals surface area contributed by atoms with Crippen LogP contribution in [0.25, 0.3) is 11.5 Å². The van der Waals surface area contributed by atoms with Crippen molar-refractivity contribution in [1.82, 2.24) is 10.1 Å². The zero-order chi connectivity index (χ0) is 13.0. The number of aromatic nitrogens is 2. The van der Waals surface area contributed by atoms with Gasteiger partial charge < -0.3 is 15.0 Å². The maximum atomic E-state index is 5.45. The Bertz CT molecular complexity index is 523. The lowest BCUT2D eigenvalue weighted by atomic mass is 10.1. The Kier molecular flexibility index (Phi) is 3.94. The normalized spacial score (nSPS) is 10.6. The molecule has 5 heteroatoms. The number of rotatable bonds is 5. The molecular formula is C13H17N3O2. The number of nitrogens with zero attached hydrogens (tertiary/aromatic N) is 2. The summed E-state index contributed by atoms with van der Waals surface area (Å²) in [5.41, 5.74) is 7.39. The van der Waals surface area contributed by atoms with Crippen LogP contribution in [0.3, 0.4) is 0 Å². The van der Waals surface area contributed by atoms with Gasteiger partial charge in [-0.1, -0.05) is 16.8 Å². The fourth-order valence-corrected chi connectivity index (χ4v) is 1.71. The quantitative estimate of drug-likeness (QED) is 0.874. The lowest BCUT2D eigenvalue weighted by Gasteiger charge is -2.05. The minimum atomic E-state index is 0.488. The Morgan fingerprint density at radius 1 is 1.39 bits per heavy atom. The molecule has 0 aliphatic carbocycles. The van der Waals surface area contributed by atoms with Crippen molar-refractivity contribution in [3.63, 3.8) is 0 Å². The van der Waals surface area contributed by atoms with Crippen molar-refractivity contribution in [3.05, 3.63) is 29.6 Å². The van der Waals surface area contributed by atoms with Crippen molar-refractivity contribution in [3.8, 4) is 17.2 Å². The van der Waals surface area contributed by atoms with E-state index in [0.717, 1.165) is 29.7 Å². The van der Waals surface area contributed by atoms with Crippen molar-refractivity contribution >= 4 is 0 Å². The molecule has 0 fully saturated rings. The second-order valence-corrected chi connectivity index (χ2v) is 4.11. The maximum Gasteiger partial charge on any atom is 0.261 e. The summed E-state index contributed by atoms with van der Waals surface area (Å²) in [6.45, 7) is 2.63. The van der Waals surface area contributed by atoms with Crippen LogP contribution < -0.4 is 10.5 Å². The van der Waals surface area contributed by atoms with Crippen LogP contribution in [-0.4, -0.2) is 23.8 Å². The van der Waals surface area contributed by atoms with E-state index < -0.39 is 0 Å². The second kappa shape index (κ2) is 5.64. The van der Waals surface area contributed by atoms with Crippen molar-refractivity contribution in [2.45, 2.75) is 19.8 Å². The number of ether oxygens (including phenoxy) is 1. The van der Waals surface area contributed by atoms with Gasteiger partial charge in [-0.15, -0.1) is 0 Å². The SMILES string of the molecule is COc1ccc(C)cc1-c1nc(CCCN)no1. The third-order valence-corrected chi connectivity index (χ3v) is 2.66. The van der Waals surface area contributed by atoms with E-state index in [1.807, 2.05) is 25.1 Å². The summed E-state index contributed by atoms with van der Waals surface area (Å²) in [6.07, 6.45) is 1.58. The number of nitrogens with two attached hydrogens (primary N) is 1. The largest absolute Gasteiger partial charge is 0.496 e. The van der Waals surface area contributed by atoms with Gasteiger partial charge in [0, 0.05) is 6.42 Å². The Morgan fingerprint density at radius 2 is 2.22 bits per heavy atom. The lowest BCUT2D eigenvalue weighted by molar-refractivity contribution is 0.402. The number of hydrogen-bond donors (Lipinski definition) is 1. The standard InChI is InChI=1S/C13H17N3O2/c1-9-5-6-11(17-2)10(8-9)13-15-12(16-18-13)4-3-7-14/h5-6,8H,3-4,7,14H2,1-2H3. The van der Waals surface area contributed by atoms with E-state index in [1.54, 1.807) is 7.11 Å². The van der Waals surface area contributed by atoms with Gasteiger partial charge in [-0.2, -0.15) is 4.98 Å². The molecule has 0 aliphatic heterocycles. The number of hydrogen-bond acceptors (Lipinski definition) is 5. The third-order valence-electron chi connectivity index (χ3n) is 2.66. The maximum absolute atomic E-state index is 5.45. The minimum Gasteiger partial charge on any atom is -0.496 e. The summed E-state index contributed by atoms with van der Waals surface area (Å²) < 4.78 is 10.6. The molecule has 1 heterocycles. The second-order valence-electron chi connectivity index (χ2n) is 4.11. The van der Waals surface area contributed by atoms with Gasteiger partial charge in [0.05, 0.1) is 12.7 Å². The van der Waals surface area contributed by atoms with Gasteiger partial charge in [0.15, 0.2) is 5.82 Å². The Morgan fingerprint density at radius 3 is 2.94 bits per heavy atom. The number of methoxy groups -OCH3 is 1. The first-order valence-electron chi connectivity index (χ1n) is 5.92. The molecule has 2 N–H and O–H groups in total. The van der Waals surface area contributed by atoms with Gasteiger partial charge >= 0.3 is 0 Å². The fraction of sp³-hybridized carbons (Fsp3) is 0.385. The molecule has 0 saturated carbocycles. The first-order valence-corrected chi connectivity index (χ1v) is 5.92. The van der Waals surface area contributed by atoms with Crippen molar-refractivity contribution in [2.24, 2.45) is 5.73 Å². The molecule has 0 atom stereocenters. The van der Waals surface area contributed by atoms with Gasteiger partial charge in [0.1, 0.15) is 5.75 Å². The summed E-state index contributed by atoms with van der Waals surface area (Å²) in [4.78, 5) is 4.35. The first kappa shape index (κ1) is 12.6. The minimum absolute atomic E-state index is 0.488. The predicted molar refractivity (Wildman–Crippen MR) is 68.4 cm³/mol. The van der Waals surface area contributed by atoms with Crippen LogP contribution in [-0.2, 0) is 6.42 Å². The summed E-state index contributed by atoms with van der Waals surface area (Å²) in [5, 5.41) is 3.94. The zero-order valence-electron chi connectivity index (χ0n) is 10.6. The highest BCUT2D eigenvalue weighted by atomic mass is 16.5.